The van der Waals surface area contributed by atoms with E-state index in [1.807, 2.05) is 0 Å². The van der Waals surface area contributed by atoms with E-state index in [-0.39, 0.29) is 94.8 Å². The van der Waals surface area contributed by atoms with Gasteiger partial charge in [-0.15, -0.1) is 0 Å². The van der Waals surface area contributed by atoms with Gasteiger partial charge in [-0.05, 0) is 12.6 Å². The smallest absolute Gasteiger partial charge is 0.810 e. The van der Waals surface area contributed by atoms with E-state index < -0.39 is 20.9 Å². The molecule has 0 saturated heterocycles. The minimum Gasteiger partial charge on any atom is -0.810 e. The molecule has 5 nitrogen and oxygen atoms in total. The summed E-state index contributed by atoms with van der Waals surface area (Å²) in [6, 6.07) is 0. The Morgan fingerprint density at radius 1 is 0.714 bits per heavy atom. The van der Waals surface area contributed by atoms with Crippen molar-refractivity contribution < 1.29 is 112 Å². The third-order valence-corrected chi connectivity index (χ3v) is 6.85. The quantitative estimate of drug-likeness (QED) is 0.205. The van der Waals surface area contributed by atoms with Gasteiger partial charge >= 0.3 is 88.7 Å². The van der Waals surface area contributed by atoms with Gasteiger partial charge in [0.2, 0.25) is 0 Å². The van der Waals surface area contributed by atoms with Crippen LogP contribution in [0.1, 0.15) is 58.3 Å². The fraction of sp³-hybridized carbons (Fsp3) is 1.00. The molecule has 110 valence electrons. The molecule has 0 saturated carbocycles. The molecule has 0 radical (unpaired) electrons. The van der Waals surface area contributed by atoms with Crippen molar-refractivity contribution in [3.63, 3.8) is 0 Å². The molecule has 0 amide bonds. The fourth-order valence-electron chi connectivity index (χ4n) is 1.82. The summed E-state index contributed by atoms with van der Waals surface area (Å²) in [5, 5.41) is 0. The SMILES string of the molecule is CCCCCCCCCCP(=O)([O-])CP(=O)([O-])[O-].[Na+].[Na+].[Na+]. The molecular formula is C11H23Na3O5P2. The third kappa shape index (κ3) is 25.7. The Hall–Kier alpha value is 3.34. The van der Waals surface area contributed by atoms with Crippen molar-refractivity contribution in [3.8, 4) is 0 Å². The van der Waals surface area contributed by atoms with Gasteiger partial charge in [-0.1, -0.05) is 59.5 Å². The summed E-state index contributed by atoms with van der Waals surface area (Å²) in [5.74, 6) is -1.21. The maximum Gasteiger partial charge on any atom is 1.00 e. The number of hydrogen-bond acceptors (Lipinski definition) is 5. The first-order chi connectivity index (χ1) is 8.27. The minimum absolute atomic E-state index is 0. The van der Waals surface area contributed by atoms with E-state index in [1.54, 1.807) is 0 Å². The summed E-state index contributed by atoms with van der Waals surface area (Å²) in [5.41, 5.74) is 0. The standard InChI is InChI=1S/C11H26O5P2.3Na/c1-2-3-4-5-6-7-8-9-10-17(12,13)11-18(14,15)16;;;/h2-11H2,1H3,(H,12,13)(H2,14,15,16);;;/q;3*+1/p-3. The predicted octanol–water partition coefficient (Wildman–Crippen LogP) is -7.35. The normalized spacial score (nSPS) is 13.3. The molecule has 1 unspecified atom stereocenters. The molecular weight excluding hydrogens is 343 g/mol. The van der Waals surface area contributed by atoms with Crippen LogP contribution in [0.3, 0.4) is 0 Å². The Kier molecular flexibility index (Phi) is 27.7. The maximum atomic E-state index is 11.3. The van der Waals surface area contributed by atoms with Gasteiger partial charge in [0.1, 0.15) is 0 Å². The monoisotopic (exact) mass is 366 g/mol. The van der Waals surface area contributed by atoms with Crippen molar-refractivity contribution in [2.24, 2.45) is 0 Å². The van der Waals surface area contributed by atoms with Gasteiger partial charge in [-0.25, -0.2) is 0 Å². The molecule has 0 heterocycles. The first kappa shape index (κ1) is 32.0. The van der Waals surface area contributed by atoms with Crippen LogP contribution in [0.5, 0.6) is 0 Å². The average Bonchev–Trinajstić information content (AvgIpc) is 2.18. The topological polar surface area (TPSA) is 103 Å². The first-order valence-corrected chi connectivity index (χ1v) is 10.3. The van der Waals surface area contributed by atoms with Gasteiger partial charge in [0, 0.05) is 13.3 Å². The van der Waals surface area contributed by atoms with Gasteiger partial charge in [-0.2, -0.15) is 0 Å². The van der Waals surface area contributed by atoms with E-state index in [4.69, 9.17) is 0 Å². The van der Waals surface area contributed by atoms with E-state index in [2.05, 4.69) is 6.92 Å². The minimum atomic E-state index is -4.94. The molecule has 0 aromatic heterocycles. The zero-order valence-corrected chi connectivity index (χ0v) is 21.8. The molecule has 1 atom stereocenters. The number of rotatable bonds is 11. The van der Waals surface area contributed by atoms with Crippen LogP contribution in [0.25, 0.3) is 0 Å². The second-order valence-corrected chi connectivity index (χ2v) is 9.19. The zero-order chi connectivity index (χ0) is 14.1. The van der Waals surface area contributed by atoms with Crippen molar-refractivity contribution in [2.45, 2.75) is 58.3 Å². The largest absolute Gasteiger partial charge is 1.00 e. The molecule has 0 aliphatic rings. The van der Waals surface area contributed by atoms with E-state index in [1.165, 1.54) is 25.7 Å². The van der Waals surface area contributed by atoms with Crippen LogP contribution >= 0.6 is 15.0 Å². The Morgan fingerprint density at radius 2 is 1.10 bits per heavy atom. The van der Waals surface area contributed by atoms with Crippen LogP contribution in [-0.4, -0.2) is 12.1 Å². The second-order valence-electron chi connectivity index (χ2n) is 4.77. The molecule has 21 heavy (non-hydrogen) atoms. The molecule has 0 fully saturated rings. The van der Waals surface area contributed by atoms with Gasteiger partial charge < -0.3 is 23.8 Å². The van der Waals surface area contributed by atoms with Crippen LogP contribution in [0, 0.1) is 0 Å². The Bertz CT molecular complexity index is 312. The molecule has 0 rings (SSSR count). The van der Waals surface area contributed by atoms with Crippen molar-refractivity contribution in [2.75, 3.05) is 12.1 Å². The van der Waals surface area contributed by atoms with Crippen molar-refractivity contribution in [3.05, 3.63) is 0 Å². The van der Waals surface area contributed by atoms with Crippen LogP contribution < -0.4 is 103 Å². The molecule has 0 N–H and O–H groups in total. The Labute approximate surface area is 195 Å². The van der Waals surface area contributed by atoms with Crippen molar-refractivity contribution in [1.29, 1.82) is 0 Å². The predicted molar refractivity (Wildman–Crippen MR) is 67.6 cm³/mol. The van der Waals surface area contributed by atoms with Crippen molar-refractivity contribution >= 4 is 15.0 Å². The molecule has 0 bridgehead atoms. The molecule has 0 spiro atoms. The van der Waals surface area contributed by atoms with Crippen LogP contribution in [0.4, 0.5) is 0 Å². The average molecular weight is 366 g/mol. The van der Waals surface area contributed by atoms with Crippen LogP contribution in [0.15, 0.2) is 0 Å². The number of hydrogen-bond donors (Lipinski definition) is 0. The molecule has 0 aliphatic heterocycles. The van der Waals surface area contributed by atoms with Crippen LogP contribution in [0.2, 0.25) is 0 Å². The first-order valence-electron chi connectivity index (χ1n) is 6.57. The maximum absolute atomic E-state index is 11.3. The summed E-state index contributed by atoms with van der Waals surface area (Å²) >= 11 is 0. The summed E-state index contributed by atoms with van der Waals surface area (Å²) in [6.45, 7) is 2.15. The second kappa shape index (κ2) is 18.1. The van der Waals surface area contributed by atoms with Gasteiger partial charge in [-0.3, -0.25) is 0 Å². The van der Waals surface area contributed by atoms with E-state index >= 15 is 0 Å². The molecule has 0 aromatic rings. The summed E-state index contributed by atoms with van der Waals surface area (Å²) in [7, 11) is -8.96. The van der Waals surface area contributed by atoms with Crippen molar-refractivity contribution in [1.82, 2.24) is 0 Å². The van der Waals surface area contributed by atoms with Gasteiger partial charge in [0.05, 0.1) is 0 Å². The summed E-state index contributed by atoms with van der Waals surface area (Å²) < 4.78 is 21.7. The van der Waals surface area contributed by atoms with E-state index in [0.717, 1.165) is 19.3 Å². The molecule has 10 heteroatoms. The molecule has 0 aliphatic carbocycles. The van der Waals surface area contributed by atoms with Crippen LogP contribution in [-0.2, 0) is 9.13 Å². The van der Waals surface area contributed by atoms with Gasteiger partial charge in [0.25, 0.3) is 0 Å². The van der Waals surface area contributed by atoms with E-state index in [9.17, 15) is 23.8 Å². The number of unbranched alkanes of at least 4 members (excludes halogenated alkanes) is 7. The van der Waals surface area contributed by atoms with E-state index in [0.29, 0.717) is 6.42 Å². The Morgan fingerprint density at radius 3 is 1.48 bits per heavy atom. The summed E-state index contributed by atoms with van der Waals surface area (Å²) in [6.07, 6.45) is 7.93. The Balaban J connectivity index is -0.000000482. The third-order valence-electron chi connectivity index (χ3n) is 2.74. The molecule has 0 aromatic carbocycles. The van der Waals surface area contributed by atoms with Gasteiger partial charge in [0.15, 0.2) is 0 Å². The fourth-order valence-corrected chi connectivity index (χ4v) is 5.20. The zero-order valence-electron chi connectivity index (χ0n) is 14.0. The summed E-state index contributed by atoms with van der Waals surface area (Å²) in [4.78, 5) is 32.0.